The van der Waals surface area contributed by atoms with Crippen molar-refractivity contribution in [3.63, 3.8) is 0 Å². The highest BCUT2D eigenvalue weighted by molar-refractivity contribution is 7.89. The van der Waals surface area contributed by atoms with Gasteiger partial charge in [0.1, 0.15) is 10.6 Å². The van der Waals surface area contributed by atoms with Crippen LogP contribution in [-0.2, 0) is 14.8 Å². The number of nitrogens with one attached hydrogen (secondary N) is 1. The summed E-state index contributed by atoms with van der Waals surface area (Å²) >= 11 is 0. The standard InChI is InChI=1S/C21H33N3O5S/c1-6-23(7-2)20(25)12-22-21(26)17-8-9-18(29-5)19(11-17)30(27,28)24-13-15(3)10-16(4)14-24/h8-9,11,15-16H,6-7,10,12-14H2,1-5H3,(H,22,26). The number of amides is 2. The molecule has 1 heterocycles. The summed E-state index contributed by atoms with van der Waals surface area (Å²) in [6.45, 7) is 9.65. The van der Waals surface area contributed by atoms with Gasteiger partial charge in [-0.1, -0.05) is 13.8 Å². The molecule has 1 aliphatic heterocycles. The molecular weight excluding hydrogens is 406 g/mol. The summed E-state index contributed by atoms with van der Waals surface area (Å²) in [7, 11) is -2.43. The smallest absolute Gasteiger partial charge is 0.251 e. The molecule has 9 heteroatoms. The molecule has 0 bridgehead atoms. The molecule has 30 heavy (non-hydrogen) atoms. The van der Waals surface area contributed by atoms with Crippen LogP contribution in [0, 0.1) is 11.8 Å². The van der Waals surface area contributed by atoms with E-state index in [-0.39, 0.29) is 40.5 Å². The highest BCUT2D eigenvalue weighted by Crippen LogP contribution is 2.32. The average Bonchev–Trinajstić information content (AvgIpc) is 2.71. The van der Waals surface area contributed by atoms with Crippen LogP contribution in [0.25, 0.3) is 0 Å². The molecule has 1 aromatic rings. The van der Waals surface area contributed by atoms with Gasteiger partial charge in [-0.15, -0.1) is 0 Å². The maximum atomic E-state index is 13.3. The molecule has 0 aliphatic carbocycles. The first kappa shape index (κ1) is 24.1. The highest BCUT2D eigenvalue weighted by atomic mass is 32.2. The minimum absolute atomic E-state index is 0.0333. The van der Waals surface area contributed by atoms with Crippen LogP contribution < -0.4 is 10.1 Å². The number of nitrogens with zero attached hydrogens (tertiary/aromatic N) is 2. The van der Waals surface area contributed by atoms with Crippen LogP contribution in [0.5, 0.6) is 5.75 Å². The molecule has 2 amide bonds. The van der Waals surface area contributed by atoms with E-state index in [9.17, 15) is 18.0 Å². The Balaban J connectivity index is 2.26. The zero-order valence-electron chi connectivity index (χ0n) is 18.5. The third-order valence-electron chi connectivity index (χ3n) is 5.40. The third-order valence-corrected chi connectivity index (χ3v) is 7.25. The molecule has 0 aromatic heterocycles. The minimum Gasteiger partial charge on any atom is -0.495 e. The lowest BCUT2D eigenvalue weighted by Gasteiger charge is -2.34. The SMILES string of the molecule is CCN(CC)C(=O)CNC(=O)c1ccc(OC)c(S(=O)(=O)N2CC(C)CC(C)C2)c1. The summed E-state index contributed by atoms with van der Waals surface area (Å²) in [6, 6.07) is 4.30. The van der Waals surface area contributed by atoms with Gasteiger partial charge in [0.05, 0.1) is 13.7 Å². The molecule has 8 nitrogen and oxygen atoms in total. The van der Waals surface area contributed by atoms with Gasteiger partial charge in [0.25, 0.3) is 5.91 Å². The van der Waals surface area contributed by atoms with E-state index in [0.29, 0.717) is 26.2 Å². The molecule has 0 saturated carbocycles. The molecule has 1 N–H and O–H groups in total. The van der Waals surface area contributed by atoms with Gasteiger partial charge in [0, 0.05) is 31.7 Å². The van der Waals surface area contributed by atoms with Crippen molar-refractivity contribution in [3.8, 4) is 5.75 Å². The Morgan fingerprint density at radius 3 is 2.30 bits per heavy atom. The molecule has 1 saturated heterocycles. The van der Waals surface area contributed by atoms with Gasteiger partial charge in [-0.25, -0.2) is 8.42 Å². The Morgan fingerprint density at radius 1 is 1.17 bits per heavy atom. The number of rotatable bonds is 8. The number of hydrogen-bond acceptors (Lipinski definition) is 5. The van der Waals surface area contributed by atoms with E-state index in [2.05, 4.69) is 5.32 Å². The Bertz CT molecular complexity index is 857. The molecule has 168 valence electrons. The summed E-state index contributed by atoms with van der Waals surface area (Å²) in [4.78, 5) is 26.3. The first-order valence-corrected chi connectivity index (χ1v) is 11.8. The molecule has 0 radical (unpaired) electrons. The van der Waals surface area contributed by atoms with E-state index in [1.807, 2.05) is 27.7 Å². The molecule has 2 rings (SSSR count). The number of hydrogen-bond donors (Lipinski definition) is 1. The topological polar surface area (TPSA) is 96.0 Å². The molecule has 2 atom stereocenters. The Hall–Kier alpha value is -2.13. The summed E-state index contributed by atoms with van der Waals surface area (Å²) < 4.78 is 33.4. The molecule has 1 fully saturated rings. The van der Waals surface area contributed by atoms with E-state index < -0.39 is 15.9 Å². The van der Waals surface area contributed by atoms with Gasteiger partial charge < -0.3 is 15.0 Å². The highest BCUT2D eigenvalue weighted by Gasteiger charge is 2.34. The Labute approximate surface area is 179 Å². The minimum atomic E-state index is -3.83. The number of likely N-dealkylation sites (N-methyl/N-ethyl adjacent to an activating group) is 1. The summed E-state index contributed by atoms with van der Waals surface area (Å²) in [5.74, 6) is 0.0109. The van der Waals surface area contributed by atoms with Crippen LogP contribution >= 0.6 is 0 Å². The second-order valence-electron chi connectivity index (χ2n) is 7.88. The number of sulfonamides is 1. The quantitative estimate of drug-likeness (QED) is 0.668. The fraction of sp³-hybridized carbons (Fsp3) is 0.619. The predicted octanol–water partition coefficient (Wildman–Crippen LogP) is 1.96. The first-order valence-electron chi connectivity index (χ1n) is 10.4. The van der Waals surface area contributed by atoms with E-state index in [1.165, 1.54) is 29.6 Å². The lowest BCUT2D eigenvalue weighted by atomic mass is 9.94. The van der Waals surface area contributed by atoms with E-state index in [0.717, 1.165) is 6.42 Å². The van der Waals surface area contributed by atoms with E-state index >= 15 is 0 Å². The van der Waals surface area contributed by atoms with Crippen LogP contribution in [0.4, 0.5) is 0 Å². The Morgan fingerprint density at radius 2 is 1.77 bits per heavy atom. The van der Waals surface area contributed by atoms with Gasteiger partial charge in [-0.3, -0.25) is 9.59 Å². The van der Waals surface area contributed by atoms with E-state index in [1.54, 1.807) is 4.90 Å². The second kappa shape index (κ2) is 10.3. The fourth-order valence-electron chi connectivity index (χ4n) is 3.91. The van der Waals surface area contributed by atoms with Crippen molar-refractivity contribution in [3.05, 3.63) is 23.8 Å². The normalized spacial score (nSPS) is 19.9. The van der Waals surface area contributed by atoms with Gasteiger partial charge in [-0.2, -0.15) is 4.31 Å². The van der Waals surface area contributed by atoms with Crippen molar-refractivity contribution in [2.24, 2.45) is 11.8 Å². The third kappa shape index (κ3) is 5.51. The lowest BCUT2D eigenvalue weighted by molar-refractivity contribution is -0.129. The zero-order valence-corrected chi connectivity index (χ0v) is 19.3. The van der Waals surface area contributed by atoms with Crippen molar-refractivity contribution in [1.82, 2.24) is 14.5 Å². The van der Waals surface area contributed by atoms with Crippen LogP contribution in [0.2, 0.25) is 0 Å². The van der Waals surface area contributed by atoms with Gasteiger partial charge >= 0.3 is 0 Å². The molecule has 2 unspecified atom stereocenters. The van der Waals surface area contributed by atoms with Crippen molar-refractivity contribution >= 4 is 21.8 Å². The van der Waals surface area contributed by atoms with Crippen LogP contribution in [-0.4, -0.2) is 69.3 Å². The molecule has 1 aromatic carbocycles. The van der Waals surface area contributed by atoms with Crippen LogP contribution in [0.1, 0.15) is 44.5 Å². The summed E-state index contributed by atoms with van der Waals surface area (Å²) in [5, 5.41) is 2.58. The average molecular weight is 440 g/mol. The Kier molecular flexibility index (Phi) is 8.25. The van der Waals surface area contributed by atoms with Crippen LogP contribution in [0.3, 0.4) is 0 Å². The lowest BCUT2D eigenvalue weighted by Crippen LogP contribution is -2.42. The number of methoxy groups -OCH3 is 1. The monoisotopic (exact) mass is 439 g/mol. The van der Waals surface area contributed by atoms with Crippen LogP contribution in [0.15, 0.2) is 23.1 Å². The molecular formula is C21H33N3O5S. The van der Waals surface area contributed by atoms with E-state index in [4.69, 9.17) is 4.74 Å². The predicted molar refractivity (Wildman–Crippen MR) is 115 cm³/mol. The summed E-state index contributed by atoms with van der Waals surface area (Å²) in [6.07, 6.45) is 0.978. The summed E-state index contributed by atoms with van der Waals surface area (Å²) in [5.41, 5.74) is 0.167. The number of carbonyl (C=O) groups excluding carboxylic acids is 2. The maximum Gasteiger partial charge on any atom is 0.251 e. The fourth-order valence-corrected chi connectivity index (χ4v) is 5.77. The van der Waals surface area contributed by atoms with Crippen molar-refractivity contribution < 1.29 is 22.7 Å². The number of benzene rings is 1. The van der Waals surface area contributed by atoms with Crippen molar-refractivity contribution in [1.29, 1.82) is 0 Å². The number of piperidine rings is 1. The molecule has 0 spiro atoms. The largest absolute Gasteiger partial charge is 0.495 e. The number of ether oxygens (including phenoxy) is 1. The maximum absolute atomic E-state index is 13.3. The molecule has 1 aliphatic rings. The van der Waals surface area contributed by atoms with Gasteiger partial charge in [0.2, 0.25) is 15.9 Å². The second-order valence-corrected chi connectivity index (χ2v) is 9.79. The first-order chi connectivity index (χ1) is 14.1. The van der Waals surface area contributed by atoms with Gasteiger partial charge in [-0.05, 0) is 50.3 Å². The van der Waals surface area contributed by atoms with Gasteiger partial charge in [0.15, 0.2) is 0 Å². The van der Waals surface area contributed by atoms with Crippen molar-refractivity contribution in [2.75, 3.05) is 39.8 Å². The zero-order chi connectivity index (χ0) is 22.5. The number of carbonyl (C=O) groups is 2. The van der Waals surface area contributed by atoms with Crippen molar-refractivity contribution in [2.45, 2.75) is 39.0 Å².